The van der Waals surface area contributed by atoms with Gasteiger partial charge in [0.1, 0.15) is 4.21 Å². The minimum atomic E-state index is -3.30. The SMILES string of the molecule is Cc1ccc(S(=O)(=O)N2CCCCC2CCN2CCCC2)s1. The summed E-state index contributed by atoms with van der Waals surface area (Å²) >= 11 is 1.39. The third kappa shape index (κ3) is 3.55. The molecule has 0 N–H and O–H groups in total. The molecule has 3 rings (SSSR count). The van der Waals surface area contributed by atoms with E-state index in [-0.39, 0.29) is 6.04 Å². The minimum absolute atomic E-state index is 0.182. The van der Waals surface area contributed by atoms with E-state index < -0.39 is 10.0 Å². The van der Waals surface area contributed by atoms with Crippen LogP contribution in [0, 0.1) is 6.92 Å². The van der Waals surface area contributed by atoms with E-state index in [1.54, 1.807) is 10.4 Å². The molecule has 0 spiro atoms. The first-order valence-electron chi connectivity index (χ1n) is 8.38. The predicted octanol–water partition coefficient (Wildman–Crippen LogP) is 3.09. The lowest BCUT2D eigenvalue weighted by Crippen LogP contribution is -2.44. The van der Waals surface area contributed by atoms with E-state index >= 15 is 0 Å². The van der Waals surface area contributed by atoms with Gasteiger partial charge in [0.15, 0.2) is 0 Å². The zero-order valence-electron chi connectivity index (χ0n) is 13.3. The topological polar surface area (TPSA) is 40.6 Å². The van der Waals surface area contributed by atoms with Gasteiger partial charge in [0.2, 0.25) is 0 Å². The first-order chi connectivity index (χ1) is 10.6. The molecule has 4 nitrogen and oxygen atoms in total. The summed E-state index contributed by atoms with van der Waals surface area (Å²) in [5.41, 5.74) is 0. The number of sulfonamides is 1. The molecule has 1 aromatic rings. The highest BCUT2D eigenvalue weighted by Gasteiger charge is 2.34. The fraction of sp³-hybridized carbons (Fsp3) is 0.750. The molecule has 0 radical (unpaired) electrons. The van der Waals surface area contributed by atoms with Crippen molar-refractivity contribution < 1.29 is 8.42 Å². The summed E-state index contributed by atoms with van der Waals surface area (Å²) in [7, 11) is -3.30. The van der Waals surface area contributed by atoms with Crippen LogP contribution in [-0.2, 0) is 10.0 Å². The normalized spacial score (nSPS) is 24.9. The molecule has 3 heterocycles. The molecule has 2 aliphatic heterocycles. The van der Waals surface area contributed by atoms with Crippen LogP contribution >= 0.6 is 11.3 Å². The van der Waals surface area contributed by atoms with Gasteiger partial charge >= 0.3 is 0 Å². The number of aryl methyl sites for hydroxylation is 1. The largest absolute Gasteiger partial charge is 0.303 e. The first-order valence-corrected chi connectivity index (χ1v) is 10.6. The molecule has 0 amide bonds. The second-order valence-electron chi connectivity index (χ2n) is 6.47. The van der Waals surface area contributed by atoms with Crippen molar-refractivity contribution in [2.24, 2.45) is 0 Å². The molecule has 1 atom stereocenters. The van der Waals surface area contributed by atoms with Gasteiger partial charge in [-0.3, -0.25) is 0 Å². The van der Waals surface area contributed by atoms with Crippen molar-refractivity contribution in [3.05, 3.63) is 17.0 Å². The summed E-state index contributed by atoms with van der Waals surface area (Å²) in [4.78, 5) is 3.54. The molecule has 6 heteroatoms. The fourth-order valence-electron chi connectivity index (χ4n) is 3.58. The highest BCUT2D eigenvalue weighted by Crippen LogP contribution is 2.30. The second kappa shape index (κ2) is 6.99. The summed E-state index contributed by atoms with van der Waals surface area (Å²) < 4.78 is 28.2. The van der Waals surface area contributed by atoms with Crippen LogP contribution in [0.2, 0.25) is 0 Å². The summed E-state index contributed by atoms with van der Waals surface area (Å²) in [6, 6.07) is 3.85. The smallest absolute Gasteiger partial charge is 0.252 e. The average molecular weight is 343 g/mol. The number of hydrogen-bond acceptors (Lipinski definition) is 4. The van der Waals surface area contributed by atoms with Gasteiger partial charge in [0.25, 0.3) is 10.0 Å². The molecule has 124 valence electrons. The summed E-state index contributed by atoms with van der Waals surface area (Å²) in [5, 5.41) is 0. The van der Waals surface area contributed by atoms with E-state index in [1.165, 1.54) is 37.3 Å². The van der Waals surface area contributed by atoms with E-state index in [9.17, 15) is 8.42 Å². The third-order valence-corrected chi connectivity index (χ3v) is 8.25. The third-order valence-electron chi connectivity index (χ3n) is 4.83. The van der Waals surface area contributed by atoms with Gasteiger partial charge in [0.05, 0.1) is 0 Å². The summed E-state index contributed by atoms with van der Waals surface area (Å²) in [5.74, 6) is 0. The Balaban J connectivity index is 1.71. The Hall–Kier alpha value is -0.430. The number of rotatable bonds is 5. The molecule has 2 saturated heterocycles. The molecule has 0 bridgehead atoms. The number of piperidine rings is 1. The maximum atomic E-state index is 12.9. The van der Waals surface area contributed by atoms with Gasteiger partial charge in [-0.05, 0) is 70.8 Å². The van der Waals surface area contributed by atoms with Crippen LogP contribution in [-0.4, -0.2) is 49.8 Å². The van der Waals surface area contributed by atoms with Crippen molar-refractivity contribution in [1.82, 2.24) is 9.21 Å². The fourth-order valence-corrected chi connectivity index (χ4v) is 6.72. The zero-order chi connectivity index (χ0) is 15.6. The van der Waals surface area contributed by atoms with Crippen molar-refractivity contribution in [2.75, 3.05) is 26.2 Å². The maximum Gasteiger partial charge on any atom is 0.252 e. The lowest BCUT2D eigenvalue weighted by molar-refractivity contribution is 0.213. The van der Waals surface area contributed by atoms with E-state index in [2.05, 4.69) is 4.90 Å². The molecular formula is C16H26N2O2S2. The van der Waals surface area contributed by atoms with Crippen molar-refractivity contribution in [3.8, 4) is 0 Å². The van der Waals surface area contributed by atoms with Crippen molar-refractivity contribution in [1.29, 1.82) is 0 Å². The van der Waals surface area contributed by atoms with E-state index in [1.807, 2.05) is 13.0 Å². The average Bonchev–Trinajstić information content (AvgIpc) is 3.17. The van der Waals surface area contributed by atoms with Crippen LogP contribution in [0.5, 0.6) is 0 Å². The number of hydrogen-bond donors (Lipinski definition) is 0. The number of likely N-dealkylation sites (tertiary alicyclic amines) is 1. The summed E-state index contributed by atoms with van der Waals surface area (Å²) in [6.07, 6.45) is 6.72. The Morgan fingerprint density at radius 1 is 1.14 bits per heavy atom. The van der Waals surface area contributed by atoms with E-state index in [0.29, 0.717) is 10.8 Å². The van der Waals surface area contributed by atoms with Gasteiger partial charge in [-0.2, -0.15) is 4.31 Å². The van der Waals surface area contributed by atoms with Gasteiger partial charge in [-0.25, -0.2) is 8.42 Å². The van der Waals surface area contributed by atoms with Crippen LogP contribution in [0.25, 0.3) is 0 Å². The molecule has 1 unspecified atom stereocenters. The van der Waals surface area contributed by atoms with Crippen molar-refractivity contribution in [2.45, 2.75) is 55.7 Å². The van der Waals surface area contributed by atoms with Gasteiger partial charge < -0.3 is 4.90 Å². The monoisotopic (exact) mass is 342 g/mol. The quantitative estimate of drug-likeness (QED) is 0.826. The Kier molecular flexibility index (Phi) is 5.22. The molecule has 0 aromatic carbocycles. The maximum absolute atomic E-state index is 12.9. The second-order valence-corrected chi connectivity index (χ2v) is 9.87. The number of thiophene rings is 1. The van der Waals surface area contributed by atoms with Crippen LogP contribution in [0.1, 0.15) is 43.4 Å². The molecule has 22 heavy (non-hydrogen) atoms. The molecule has 0 saturated carbocycles. The van der Waals surface area contributed by atoms with Crippen LogP contribution in [0.3, 0.4) is 0 Å². The predicted molar refractivity (Wildman–Crippen MR) is 90.9 cm³/mol. The lowest BCUT2D eigenvalue weighted by Gasteiger charge is -2.35. The molecule has 2 aliphatic rings. The van der Waals surface area contributed by atoms with E-state index in [4.69, 9.17) is 0 Å². The molecule has 1 aromatic heterocycles. The van der Waals surface area contributed by atoms with Gasteiger partial charge in [-0.1, -0.05) is 6.42 Å². The van der Waals surface area contributed by atoms with E-state index in [0.717, 1.165) is 37.1 Å². The van der Waals surface area contributed by atoms with Gasteiger partial charge in [-0.15, -0.1) is 11.3 Å². The highest BCUT2D eigenvalue weighted by molar-refractivity contribution is 7.91. The van der Waals surface area contributed by atoms with Crippen molar-refractivity contribution in [3.63, 3.8) is 0 Å². The molecule has 0 aliphatic carbocycles. The zero-order valence-corrected chi connectivity index (χ0v) is 15.0. The Bertz CT molecular complexity index is 591. The molecule has 2 fully saturated rings. The van der Waals surface area contributed by atoms with Crippen LogP contribution < -0.4 is 0 Å². The van der Waals surface area contributed by atoms with Gasteiger partial charge in [0, 0.05) is 17.5 Å². The lowest BCUT2D eigenvalue weighted by atomic mass is 10.0. The Morgan fingerprint density at radius 3 is 2.55 bits per heavy atom. The van der Waals surface area contributed by atoms with Crippen LogP contribution in [0.4, 0.5) is 0 Å². The first kappa shape index (κ1) is 16.4. The van der Waals surface area contributed by atoms with Crippen molar-refractivity contribution >= 4 is 21.4 Å². The Morgan fingerprint density at radius 2 is 1.86 bits per heavy atom. The highest BCUT2D eigenvalue weighted by atomic mass is 32.2. The number of nitrogens with zero attached hydrogens (tertiary/aromatic N) is 2. The standard InChI is InChI=1S/C16H26N2O2S2/c1-14-7-8-16(21-14)22(19,20)18-12-3-2-6-15(18)9-13-17-10-4-5-11-17/h7-8,15H,2-6,9-13H2,1H3. The molecular weight excluding hydrogens is 316 g/mol. The Labute approximate surface area is 138 Å². The van der Waals surface area contributed by atoms with Crippen LogP contribution in [0.15, 0.2) is 16.3 Å². The minimum Gasteiger partial charge on any atom is -0.303 e. The summed E-state index contributed by atoms with van der Waals surface area (Å²) in [6.45, 7) is 6.06.